The Bertz CT molecular complexity index is 496. The summed E-state index contributed by atoms with van der Waals surface area (Å²) in [6, 6.07) is 9.96. The molecule has 0 aliphatic rings. The molecule has 0 aliphatic heterocycles. The summed E-state index contributed by atoms with van der Waals surface area (Å²) in [7, 11) is 0. The van der Waals surface area contributed by atoms with Gasteiger partial charge in [0.05, 0.1) is 12.5 Å². The highest BCUT2D eigenvalue weighted by atomic mass is 32.1. The lowest BCUT2D eigenvalue weighted by Gasteiger charge is -2.16. The quantitative estimate of drug-likeness (QED) is 0.877. The highest BCUT2D eigenvalue weighted by Crippen LogP contribution is 2.21. The van der Waals surface area contributed by atoms with Crippen molar-refractivity contribution in [2.24, 2.45) is 0 Å². The molecule has 1 atom stereocenters. The first-order valence-electron chi connectivity index (χ1n) is 6.52. The third-order valence-electron chi connectivity index (χ3n) is 2.99. The van der Waals surface area contributed by atoms with Gasteiger partial charge in [0, 0.05) is 11.6 Å². The Hall–Kier alpha value is -1.68. The molecule has 1 aromatic heterocycles. The van der Waals surface area contributed by atoms with Crippen LogP contribution in [-0.2, 0) is 11.3 Å². The Labute approximate surface area is 117 Å². The molecule has 4 heteroatoms. The van der Waals surface area contributed by atoms with Crippen molar-refractivity contribution >= 4 is 17.2 Å². The number of rotatable bonds is 6. The molecule has 1 aromatic carbocycles. The zero-order valence-corrected chi connectivity index (χ0v) is 11.8. The third-order valence-corrected chi connectivity index (χ3v) is 3.77. The molecule has 0 fully saturated rings. The molecule has 1 unspecified atom stereocenters. The number of benzene rings is 1. The van der Waals surface area contributed by atoms with Gasteiger partial charge in [0.1, 0.15) is 5.01 Å². The minimum absolute atomic E-state index is 0.0637. The highest BCUT2D eigenvalue weighted by Gasteiger charge is 2.19. The van der Waals surface area contributed by atoms with Crippen LogP contribution in [0.1, 0.15) is 36.3 Å². The number of aromatic nitrogens is 1. The van der Waals surface area contributed by atoms with Gasteiger partial charge in [-0.1, -0.05) is 43.7 Å². The minimum Gasteiger partial charge on any atom is -0.349 e. The molecule has 1 heterocycles. The van der Waals surface area contributed by atoms with Crippen molar-refractivity contribution in [3.8, 4) is 0 Å². The zero-order chi connectivity index (χ0) is 13.5. The number of nitrogens with zero attached hydrogens (tertiary/aromatic N) is 1. The van der Waals surface area contributed by atoms with Crippen LogP contribution in [0, 0.1) is 0 Å². The van der Waals surface area contributed by atoms with Crippen LogP contribution in [0.3, 0.4) is 0 Å². The molecular formula is C15H18N2OS. The number of nitrogens with one attached hydrogen (secondary N) is 1. The van der Waals surface area contributed by atoms with Gasteiger partial charge < -0.3 is 5.32 Å². The lowest BCUT2D eigenvalue weighted by molar-refractivity contribution is -0.122. The van der Waals surface area contributed by atoms with Gasteiger partial charge in [0.2, 0.25) is 5.91 Å². The maximum atomic E-state index is 12.3. The van der Waals surface area contributed by atoms with Gasteiger partial charge in [0.25, 0.3) is 0 Å². The molecule has 0 aliphatic carbocycles. The first-order chi connectivity index (χ1) is 9.31. The van der Waals surface area contributed by atoms with Crippen LogP contribution >= 0.6 is 11.3 Å². The van der Waals surface area contributed by atoms with Gasteiger partial charge in [-0.2, -0.15) is 0 Å². The summed E-state index contributed by atoms with van der Waals surface area (Å²) in [5.74, 6) is 0.0226. The van der Waals surface area contributed by atoms with Crippen molar-refractivity contribution in [3.63, 3.8) is 0 Å². The molecule has 0 bridgehead atoms. The monoisotopic (exact) mass is 274 g/mol. The molecule has 0 saturated heterocycles. The molecule has 1 amide bonds. The van der Waals surface area contributed by atoms with Crippen LogP contribution < -0.4 is 5.32 Å². The predicted molar refractivity (Wildman–Crippen MR) is 78.1 cm³/mol. The summed E-state index contributed by atoms with van der Waals surface area (Å²) >= 11 is 1.56. The molecular weight excluding hydrogens is 256 g/mol. The second-order valence-electron chi connectivity index (χ2n) is 4.40. The number of carbonyl (C=O) groups is 1. The van der Waals surface area contributed by atoms with Crippen LogP contribution in [0.15, 0.2) is 41.9 Å². The fraction of sp³-hybridized carbons (Fsp3) is 0.333. The van der Waals surface area contributed by atoms with E-state index in [0.29, 0.717) is 6.54 Å². The van der Waals surface area contributed by atoms with E-state index in [1.54, 1.807) is 17.5 Å². The van der Waals surface area contributed by atoms with Crippen molar-refractivity contribution in [1.29, 1.82) is 0 Å². The molecule has 3 nitrogen and oxygen atoms in total. The summed E-state index contributed by atoms with van der Waals surface area (Å²) in [5.41, 5.74) is 1.08. The Morgan fingerprint density at radius 2 is 2.16 bits per heavy atom. The molecule has 2 rings (SSSR count). The Kier molecular flexibility index (Phi) is 5.10. The lowest BCUT2D eigenvalue weighted by Crippen LogP contribution is -2.28. The summed E-state index contributed by atoms with van der Waals surface area (Å²) in [4.78, 5) is 16.5. The Balaban J connectivity index is 2.00. The minimum atomic E-state index is -0.0637. The van der Waals surface area contributed by atoms with E-state index in [0.717, 1.165) is 23.4 Å². The SMILES string of the molecule is CCCC(C(=O)NCc1nccs1)c1ccccc1. The lowest BCUT2D eigenvalue weighted by atomic mass is 9.94. The molecule has 0 radical (unpaired) electrons. The van der Waals surface area contributed by atoms with Crippen LogP contribution in [0.25, 0.3) is 0 Å². The summed E-state index contributed by atoms with van der Waals surface area (Å²) in [6.45, 7) is 2.62. The molecule has 1 N–H and O–H groups in total. The number of thiazole rings is 1. The smallest absolute Gasteiger partial charge is 0.227 e. The van der Waals surface area contributed by atoms with Crippen molar-refractivity contribution in [2.45, 2.75) is 32.2 Å². The second kappa shape index (κ2) is 7.04. The fourth-order valence-corrected chi connectivity index (χ4v) is 2.61. The van der Waals surface area contributed by atoms with Crippen molar-refractivity contribution in [2.75, 3.05) is 0 Å². The number of amides is 1. The maximum absolute atomic E-state index is 12.3. The van der Waals surface area contributed by atoms with E-state index in [1.165, 1.54) is 0 Å². The average molecular weight is 274 g/mol. The standard InChI is InChI=1S/C15H18N2OS/c1-2-6-13(12-7-4-3-5-8-12)15(18)17-11-14-16-9-10-19-14/h3-5,7-10,13H,2,6,11H2,1H3,(H,17,18). The number of hydrogen-bond donors (Lipinski definition) is 1. The third kappa shape index (κ3) is 3.89. The van der Waals surface area contributed by atoms with E-state index in [-0.39, 0.29) is 11.8 Å². The highest BCUT2D eigenvalue weighted by molar-refractivity contribution is 7.09. The van der Waals surface area contributed by atoms with Crippen LogP contribution in [0.5, 0.6) is 0 Å². The van der Waals surface area contributed by atoms with E-state index in [2.05, 4.69) is 17.2 Å². The zero-order valence-electron chi connectivity index (χ0n) is 11.0. The molecule has 2 aromatic rings. The van der Waals surface area contributed by atoms with Crippen LogP contribution in [-0.4, -0.2) is 10.9 Å². The van der Waals surface area contributed by atoms with Gasteiger partial charge in [-0.3, -0.25) is 4.79 Å². The largest absolute Gasteiger partial charge is 0.349 e. The number of carbonyl (C=O) groups excluding carboxylic acids is 1. The summed E-state index contributed by atoms with van der Waals surface area (Å²) < 4.78 is 0. The van der Waals surface area contributed by atoms with Gasteiger partial charge in [-0.15, -0.1) is 11.3 Å². The van der Waals surface area contributed by atoms with Crippen molar-refractivity contribution in [1.82, 2.24) is 10.3 Å². The molecule has 100 valence electrons. The first-order valence-corrected chi connectivity index (χ1v) is 7.40. The first kappa shape index (κ1) is 13.7. The predicted octanol–water partition coefficient (Wildman–Crippen LogP) is 3.34. The van der Waals surface area contributed by atoms with Crippen LogP contribution in [0.4, 0.5) is 0 Å². The van der Waals surface area contributed by atoms with Gasteiger partial charge in [-0.05, 0) is 12.0 Å². The van der Waals surface area contributed by atoms with Gasteiger partial charge in [-0.25, -0.2) is 4.98 Å². The maximum Gasteiger partial charge on any atom is 0.227 e. The van der Waals surface area contributed by atoms with E-state index >= 15 is 0 Å². The van der Waals surface area contributed by atoms with E-state index < -0.39 is 0 Å². The topological polar surface area (TPSA) is 42.0 Å². The summed E-state index contributed by atoms with van der Waals surface area (Å²) in [6.07, 6.45) is 3.62. The van der Waals surface area contributed by atoms with Gasteiger partial charge >= 0.3 is 0 Å². The number of hydrogen-bond acceptors (Lipinski definition) is 3. The van der Waals surface area contributed by atoms with Crippen molar-refractivity contribution < 1.29 is 4.79 Å². The summed E-state index contributed by atoms with van der Waals surface area (Å²) in [5, 5.41) is 5.84. The van der Waals surface area contributed by atoms with E-state index in [9.17, 15) is 4.79 Å². The average Bonchev–Trinajstić information content (AvgIpc) is 2.96. The van der Waals surface area contributed by atoms with Gasteiger partial charge in [0.15, 0.2) is 0 Å². The second-order valence-corrected chi connectivity index (χ2v) is 5.37. The van der Waals surface area contributed by atoms with E-state index in [1.807, 2.05) is 35.7 Å². The van der Waals surface area contributed by atoms with Crippen molar-refractivity contribution in [3.05, 3.63) is 52.5 Å². The normalized spacial score (nSPS) is 12.1. The Morgan fingerprint density at radius 1 is 1.37 bits per heavy atom. The molecule has 19 heavy (non-hydrogen) atoms. The Morgan fingerprint density at radius 3 is 2.79 bits per heavy atom. The van der Waals surface area contributed by atoms with E-state index in [4.69, 9.17) is 0 Å². The molecule has 0 saturated carbocycles. The van der Waals surface area contributed by atoms with Crippen LogP contribution in [0.2, 0.25) is 0 Å². The fourth-order valence-electron chi connectivity index (χ4n) is 2.05. The molecule has 0 spiro atoms.